The summed E-state index contributed by atoms with van der Waals surface area (Å²) in [5.74, 6) is -1.80. The largest absolute Gasteiger partial charge is 0.490 e. The number of aliphatic hydroxyl groups is 1. The van der Waals surface area contributed by atoms with Crippen molar-refractivity contribution in [3.8, 4) is 11.8 Å². The van der Waals surface area contributed by atoms with Crippen molar-refractivity contribution < 1.29 is 27.4 Å². The molecule has 2 N–H and O–H groups in total. The van der Waals surface area contributed by atoms with Crippen LogP contribution in [0.3, 0.4) is 0 Å². The Bertz CT molecular complexity index is 1180. The highest BCUT2D eigenvalue weighted by atomic mass is 32.2. The maximum Gasteiger partial charge on any atom is 0.286 e. The number of benzene rings is 1. The van der Waals surface area contributed by atoms with E-state index in [4.69, 9.17) is 10.00 Å². The number of carbonyl (C=O) groups excluding carboxylic acids is 1. The predicted molar refractivity (Wildman–Crippen MR) is 112 cm³/mol. The number of sulfonamides is 1. The molecule has 0 radical (unpaired) electrons. The molecule has 1 aromatic carbocycles. The van der Waals surface area contributed by atoms with Gasteiger partial charge in [-0.15, -0.1) is 6.58 Å². The van der Waals surface area contributed by atoms with E-state index < -0.39 is 27.3 Å². The predicted octanol–water partition coefficient (Wildman–Crippen LogP) is 2.38. The van der Waals surface area contributed by atoms with E-state index in [1.807, 2.05) is 0 Å². The summed E-state index contributed by atoms with van der Waals surface area (Å²) in [5, 5.41) is 21.5. The second-order valence-corrected chi connectivity index (χ2v) is 8.45. The second-order valence-electron chi connectivity index (χ2n) is 6.81. The fraction of sp³-hybridized carbons (Fsp3) is 0.250. The van der Waals surface area contributed by atoms with E-state index in [-0.39, 0.29) is 40.6 Å². The lowest BCUT2D eigenvalue weighted by Gasteiger charge is -2.19. The van der Waals surface area contributed by atoms with Gasteiger partial charge in [0.1, 0.15) is 16.8 Å². The van der Waals surface area contributed by atoms with Crippen molar-refractivity contribution in [2.45, 2.75) is 23.8 Å². The molecule has 9 nitrogen and oxygen atoms in total. The highest BCUT2D eigenvalue weighted by Crippen LogP contribution is 2.32. The molecule has 0 saturated carbocycles. The third kappa shape index (κ3) is 5.36. The molecule has 0 saturated heterocycles. The summed E-state index contributed by atoms with van der Waals surface area (Å²) in [6.45, 7) is 7.89. The Morgan fingerprint density at radius 2 is 2.19 bits per heavy atom. The Balaban J connectivity index is 2.45. The van der Waals surface area contributed by atoms with Crippen LogP contribution in [0.15, 0.2) is 46.3 Å². The number of nitrogens with zero attached hydrogens (tertiary/aromatic N) is 3. The van der Waals surface area contributed by atoms with Crippen LogP contribution in [-0.2, 0) is 17.1 Å². The molecule has 1 aromatic heterocycles. The quantitative estimate of drug-likeness (QED) is 0.447. The summed E-state index contributed by atoms with van der Waals surface area (Å²) in [6, 6.07) is 5.07. The molecule has 31 heavy (non-hydrogen) atoms. The molecule has 0 unspecified atom stereocenters. The molecule has 0 spiro atoms. The van der Waals surface area contributed by atoms with E-state index >= 15 is 0 Å². The average Bonchev–Trinajstić information content (AvgIpc) is 3.06. The summed E-state index contributed by atoms with van der Waals surface area (Å²) in [4.78, 5) is 12.5. The first-order chi connectivity index (χ1) is 14.5. The third-order valence-electron chi connectivity index (χ3n) is 4.40. The minimum Gasteiger partial charge on any atom is -0.490 e. The number of hydrogen-bond acceptors (Lipinski definition) is 6. The number of nitrogens with one attached hydrogen (secondary N) is 1. The molecule has 1 amide bonds. The van der Waals surface area contributed by atoms with Gasteiger partial charge in [0.05, 0.1) is 17.8 Å². The number of hydrogen-bond donors (Lipinski definition) is 2. The lowest BCUT2D eigenvalue weighted by Crippen LogP contribution is -2.24. The molecular weight excluding hydrogens is 427 g/mol. The number of aryl methyl sites for hydroxylation is 1. The summed E-state index contributed by atoms with van der Waals surface area (Å²) in [6.07, 6.45) is 2.52. The molecule has 11 heteroatoms. The Labute approximate surface area is 179 Å². The van der Waals surface area contributed by atoms with Crippen LogP contribution in [-0.4, -0.2) is 42.9 Å². The monoisotopic (exact) mass is 448 g/mol. The number of amides is 1. The summed E-state index contributed by atoms with van der Waals surface area (Å²) >= 11 is 0. The molecule has 0 bridgehead atoms. The van der Waals surface area contributed by atoms with E-state index in [1.54, 1.807) is 6.07 Å². The van der Waals surface area contributed by atoms with Crippen LogP contribution in [0.1, 0.15) is 29.4 Å². The average molecular weight is 448 g/mol. The SMILES string of the molecule is C=C[C@@](C)(O)CCOc1c(S(=O)(=O)N=C)cn(C)c1C(=O)Nc1ccc(F)c(C#N)c1. The zero-order valence-corrected chi connectivity index (χ0v) is 17.7. The Morgan fingerprint density at radius 3 is 2.77 bits per heavy atom. The maximum atomic E-state index is 13.5. The number of aromatic nitrogens is 1. The summed E-state index contributed by atoms with van der Waals surface area (Å²) in [7, 11) is -2.79. The van der Waals surface area contributed by atoms with Crippen molar-refractivity contribution in [1.29, 1.82) is 5.26 Å². The van der Waals surface area contributed by atoms with Crippen LogP contribution in [0.5, 0.6) is 5.75 Å². The highest BCUT2D eigenvalue weighted by molar-refractivity contribution is 7.90. The number of halogens is 1. The summed E-state index contributed by atoms with van der Waals surface area (Å²) < 4.78 is 48.0. The third-order valence-corrected chi connectivity index (χ3v) is 5.59. The molecule has 164 valence electrons. The Kier molecular flexibility index (Phi) is 6.99. The maximum absolute atomic E-state index is 13.5. The van der Waals surface area contributed by atoms with Gasteiger partial charge < -0.3 is 19.7 Å². The first-order valence-electron chi connectivity index (χ1n) is 8.88. The molecule has 0 fully saturated rings. The first-order valence-corrected chi connectivity index (χ1v) is 10.3. The van der Waals surface area contributed by atoms with Crippen LogP contribution in [0.4, 0.5) is 10.1 Å². The molecule has 0 aliphatic rings. The van der Waals surface area contributed by atoms with Crippen molar-refractivity contribution in [1.82, 2.24) is 4.57 Å². The zero-order valence-electron chi connectivity index (χ0n) is 16.9. The van der Waals surface area contributed by atoms with Gasteiger partial charge in [-0.1, -0.05) is 6.08 Å². The number of carbonyl (C=O) groups is 1. The van der Waals surface area contributed by atoms with Gasteiger partial charge in [-0.3, -0.25) is 4.79 Å². The van der Waals surface area contributed by atoms with Crippen LogP contribution in [0.25, 0.3) is 0 Å². The van der Waals surface area contributed by atoms with Crippen molar-refractivity contribution in [3.63, 3.8) is 0 Å². The van der Waals surface area contributed by atoms with Crippen molar-refractivity contribution in [3.05, 3.63) is 54.1 Å². The van der Waals surface area contributed by atoms with Crippen LogP contribution in [0, 0.1) is 17.1 Å². The lowest BCUT2D eigenvalue weighted by atomic mass is 10.0. The standard InChI is InChI=1S/C20H21FN4O5S/c1-5-20(2,27)8-9-30-18-16(31(28,29)23-3)12-25(4)17(18)19(26)24-14-6-7-15(21)13(10-14)11-22/h5-7,10,12,27H,1,3,8-9H2,2,4H3,(H,24,26)/t20-/m1/s1. The Morgan fingerprint density at radius 1 is 1.52 bits per heavy atom. The number of ether oxygens (including phenoxy) is 1. The second kappa shape index (κ2) is 9.11. The van der Waals surface area contributed by atoms with Gasteiger partial charge in [0.15, 0.2) is 11.4 Å². The van der Waals surface area contributed by atoms with E-state index in [2.05, 4.69) is 23.0 Å². The van der Waals surface area contributed by atoms with Gasteiger partial charge in [-0.2, -0.15) is 18.1 Å². The fourth-order valence-electron chi connectivity index (χ4n) is 2.57. The first kappa shape index (κ1) is 23.8. The van der Waals surface area contributed by atoms with E-state index in [0.29, 0.717) is 0 Å². The van der Waals surface area contributed by atoms with E-state index in [1.165, 1.54) is 30.7 Å². The Hall–Kier alpha value is -3.49. The van der Waals surface area contributed by atoms with Gasteiger partial charge in [0.25, 0.3) is 15.9 Å². The normalized spacial score (nSPS) is 13.0. The highest BCUT2D eigenvalue weighted by Gasteiger charge is 2.29. The fourth-order valence-corrected chi connectivity index (χ4v) is 3.39. The smallest absolute Gasteiger partial charge is 0.286 e. The van der Waals surface area contributed by atoms with Gasteiger partial charge >= 0.3 is 0 Å². The van der Waals surface area contributed by atoms with Gasteiger partial charge in [0, 0.05) is 32.1 Å². The van der Waals surface area contributed by atoms with Gasteiger partial charge in [-0.25, -0.2) is 4.39 Å². The minimum absolute atomic E-state index is 0.0664. The minimum atomic E-state index is -4.21. The molecule has 1 heterocycles. The van der Waals surface area contributed by atoms with Crippen molar-refractivity contribution >= 4 is 28.3 Å². The molecule has 2 rings (SSSR count). The topological polar surface area (TPSA) is 134 Å². The molecule has 2 aromatic rings. The molecule has 1 atom stereocenters. The molecular formula is C20H21FN4O5S. The molecule has 0 aliphatic heterocycles. The number of rotatable bonds is 9. The van der Waals surface area contributed by atoms with E-state index in [9.17, 15) is 22.7 Å². The van der Waals surface area contributed by atoms with Gasteiger partial charge in [0.2, 0.25) is 0 Å². The van der Waals surface area contributed by atoms with Crippen LogP contribution >= 0.6 is 0 Å². The number of nitriles is 1. The van der Waals surface area contributed by atoms with Crippen LogP contribution in [0.2, 0.25) is 0 Å². The lowest BCUT2D eigenvalue weighted by molar-refractivity contribution is 0.0827. The van der Waals surface area contributed by atoms with Gasteiger partial charge in [-0.05, 0) is 25.1 Å². The van der Waals surface area contributed by atoms with Crippen molar-refractivity contribution in [2.24, 2.45) is 11.4 Å². The summed E-state index contributed by atoms with van der Waals surface area (Å²) in [5.41, 5.74) is -1.58. The number of anilines is 1. The van der Waals surface area contributed by atoms with Crippen molar-refractivity contribution in [2.75, 3.05) is 11.9 Å². The van der Waals surface area contributed by atoms with Crippen LogP contribution < -0.4 is 10.1 Å². The molecule has 0 aliphatic carbocycles. The van der Waals surface area contributed by atoms with E-state index in [0.717, 1.165) is 18.3 Å². The zero-order chi connectivity index (χ0) is 23.4.